The van der Waals surface area contributed by atoms with E-state index in [1.54, 1.807) is 30.2 Å². The summed E-state index contributed by atoms with van der Waals surface area (Å²) >= 11 is 3.43. The average Bonchev–Trinajstić information content (AvgIpc) is 2.98. The molecule has 0 radical (unpaired) electrons. The Kier molecular flexibility index (Phi) is 7.18. The molecule has 1 aliphatic heterocycles. The Bertz CT molecular complexity index is 1010. The third-order valence-corrected chi connectivity index (χ3v) is 5.95. The van der Waals surface area contributed by atoms with Crippen molar-refractivity contribution in [3.63, 3.8) is 0 Å². The van der Waals surface area contributed by atoms with Crippen molar-refractivity contribution < 1.29 is 19.4 Å². The Labute approximate surface area is 191 Å². The normalized spacial score (nSPS) is 18.1. The zero-order valence-corrected chi connectivity index (χ0v) is 19.8. The number of rotatable bonds is 7. The van der Waals surface area contributed by atoms with E-state index < -0.39 is 17.7 Å². The van der Waals surface area contributed by atoms with Gasteiger partial charge in [-0.25, -0.2) is 0 Å². The zero-order valence-electron chi connectivity index (χ0n) is 18.2. The van der Waals surface area contributed by atoms with E-state index in [-0.39, 0.29) is 11.3 Å². The Morgan fingerprint density at radius 3 is 2.42 bits per heavy atom. The molecule has 1 unspecified atom stereocenters. The SMILES string of the molecule is COc1ccc(/C(O)=C2\C(=O)C(=O)N(CCCN(C)C)C2c2ccc(Br)cc2)c(C)c1. The van der Waals surface area contributed by atoms with Crippen LogP contribution < -0.4 is 4.74 Å². The van der Waals surface area contributed by atoms with Gasteiger partial charge >= 0.3 is 0 Å². The predicted octanol–water partition coefficient (Wildman–Crippen LogP) is 4.14. The highest BCUT2D eigenvalue weighted by atomic mass is 79.9. The number of carbonyl (C=O) groups excluding carboxylic acids is 2. The molecule has 2 aromatic rings. The first kappa shape index (κ1) is 23.0. The van der Waals surface area contributed by atoms with Gasteiger partial charge in [-0.2, -0.15) is 0 Å². The molecule has 0 saturated carbocycles. The van der Waals surface area contributed by atoms with Gasteiger partial charge in [0.15, 0.2) is 0 Å². The third kappa shape index (κ3) is 4.83. The molecule has 0 aromatic heterocycles. The van der Waals surface area contributed by atoms with Gasteiger partial charge in [0.2, 0.25) is 0 Å². The van der Waals surface area contributed by atoms with Crippen molar-refractivity contribution in [3.8, 4) is 5.75 Å². The molecule has 0 spiro atoms. The number of Topliss-reactive ketones (excluding diaryl/α,β-unsaturated/α-hetero) is 1. The molecular formula is C24H27BrN2O4. The lowest BCUT2D eigenvalue weighted by Crippen LogP contribution is -2.32. The number of benzene rings is 2. The van der Waals surface area contributed by atoms with Gasteiger partial charge < -0.3 is 19.6 Å². The fourth-order valence-corrected chi connectivity index (χ4v) is 4.10. The lowest BCUT2D eigenvalue weighted by Gasteiger charge is -2.26. The number of nitrogens with zero attached hydrogens (tertiary/aromatic N) is 2. The van der Waals surface area contributed by atoms with Crippen LogP contribution in [0.1, 0.15) is 29.2 Å². The van der Waals surface area contributed by atoms with Gasteiger partial charge in [0.05, 0.1) is 18.7 Å². The van der Waals surface area contributed by atoms with E-state index in [0.29, 0.717) is 24.3 Å². The van der Waals surface area contributed by atoms with Crippen LogP contribution in [0.4, 0.5) is 0 Å². The van der Waals surface area contributed by atoms with Crippen LogP contribution in [0.5, 0.6) is 5.75 Å². The van der Waals surface area contributed by atoms with Gasteiger partial charge in [0, 0.05) is 16.6 Å². The molecule has 0 aliphatic carbocycles. The molecule has 164 valence electrons. The summed E-state index contributed by atoms with van der Waals surface area (Å²) in [5.41, 5.74) is 2.16. The quantitative estimate of drug-likeness (QED) is 0.361. The largest absolute Gasteiger partial charge is 0.507 e. The summed E-state index contributed by atoms with van der Waals surface area (Å²) in [5.74, 6) is -0.756. The van der Waals surface area contributed by atoms with Gasteiger partial charge in [-0.1, -0.05) is 28.1 Å². The minimum absolute atomic E-state index is 0.116. The number of ketones is 1. The predicted molar refractivity (Wildman–Crippen MR) is 124 cm³/mol. The Morgan fingerprint density at radius 2 is 1.84 bits per heavy atom. The first-order valence-electron chi connectivity index (χ1n) is 10.1. The summed E-state index contributed by atoms with van der Waals surface area (Å²) in [6.07, 6.45) is 0.717. The van der Waals surface area contributed by atoms with Crippen molar-refractivity contribution in [1.82, 2.24) is 9.80 Å². The summed E-state index contributed by atoms with van der Waals surface area (Å²) in [6, 6.07) is 12.1. The molecule has 1 N–H and O–H groups in total. The smallest absolute Gasteiger partial charge is 0.295 e. The molecule has 3 rings (SSSR count). The minimum Gasteiger partial charge on any atom is -0.507 e. The van der Waals surface area contributed by atoms with Gasteiger partial charge in [-0.15, -0.1) is 0 Å². The maximum absolute atomic E-state index is 13.1. The van der Waals surface area contributed by atoms with E-state index >= 15 is 0 Å². The van der Waals surface area contributed by atoms with E-state index in [9.17, 15) is 14.7 Å². The molecule has 31 heavy (non-hydrogen) atoms. The van der Waals surface area contributed by atoms with Gasteiger partial charge in [-0.05, 0) is 75.4 Å². The van der Waals surface area contributed by atoms with Crippen molar-refractivity contribution in [2.45, 2.75) is 19.4 Å². The first-order valence-corrected chi connectivity index (χ1v) is 10.9. The lowest BCUT2D eigenvalue weighted by molar-refractivity contribution is -0.139. The van der Waals surface area contributed by atoms with Gasteiger partial charge in [0.25, 0.3) is 11.7 Å². The first-order chi connectivity index (χ1) is 14.7. The third-order valence-electron chi connectivity index (χ3n) is 5.42. The molecule has 7 heteroatoms. The summed E-state index contributed by atoms with van der Waals surface area (Å²) in [4.78, 5) is 29.6. The van der Waals surface area contributed by atoms with Crippen LogP contribution >= 0.6 is 15.9 Å². The molecule has 0 bridgehead atoms. The minimum atomic E-state index is -0.662. The van der Waals surface area contributed by atoms with Crippen LogP contribution in [-0.4, -0.2) is 60.9 Å². The number of likely N-dealkylation sites (tertiary alicyclic amines) is 1. The molecule has 1 amide bonds. The number of carbonyl (C=O) groups is 2. The fraction of sp³-hybridized carbons (Fsp3) is 0.333. The Morgan fingerprint density at radius 1 is 1.16 bits per heavy atom. The number of hydrogen-bond donors (Lipinski definition) is 1. The van der Waals surface area contributed by atoms with Crippen molar-refractivity contribution >= 4 is 33.4 Å². The van der Waals surface area contributed by atoms with Crippen LogP contribution in [0.2, 0.25) is 0 Å². The van der Waals surface area contributed by atoms with Gasteiger partial charge in [-0.3, -0.25) is 9.59 Å². The molecule has 1 fully saturated rings. The Hall–Kier alpha value is -2.64. The monoisotopic (exact) mass is 486 g/mol. The number of aliphatic hydroxyl groups excluding tert-OH is 1. The maximum Gasteiger partial charge on any atom is 0.295 e. The number of aliphatic hydroxyl groups is 1. The standard InChI is InChI=1S/C24H27BrN2O4/c1-15-14-18(31-4)10-11-19(15)22(28)20-21(16-6-8-17(25)9-7-16)27(24(30)23(20)29)13-5-12-26(2)3/h6-11,14,21,28H,5,12-13H2,1-4H3/b22-20+. The number of amides is 1. The highest BCUT2D eigenvalue weighted by molar-refractivity contribution is 9.10. The molecular weight excluding hydrogens is 460 g/mol. The van der Waals surface area contributed by atoms with Crippen LogP contribution in [0.3, 0.4) is 0 Å². The Balaban J connectivity index is 2.11. The number of aryl methyl sites for hydroxylation is 1. The second-order valence-corrected chi connectivity index (χ2v) is 8.80. The van der Waals surface area contributed by atoms with E-state index in [0.717, 1.165) is 22.1 Å². The molecule has 1 atom stereocenters. The molecule has 1 heterocycles. The molecule has 1 aliphatic rings. The number of halogens is 1. The van der Waals surface area contributed by atoms with E-state index in [1.165, 1.54) is 0 Å². The van der Waals surface area contributed by atoms with E-state index in [2.05, 4.69) is 15.9 Å². The van der Waals surface area contributed by atoms with Crippen molar-refractivity contribution in [3.05, 3.63) is 69.2 Å². The highest BCUT2D eigenvalue weighted by Gasteiger charge is 2.45. The maximum atomic E-state index is 13.1. The highest BCUT2D eigenvalue weighted by Crippen LogP contribution is 2.40. The zero-order chi connectivity index (χ0) is 22.7. The molecule has 6 nitrogen and oxygen atoms in total. The van der Waals surface area contributed by atoms with Crippen LogP contribution in [0.15, 0.2) is 52.5 Å². The second-order valence-electron chi connectivity index (χ2n) is 7.88. The summed E-state index contributed by atoms with van der Waals surface area (Å²) in [7, 11) is 5.50. The van der Waals surface area contributed by atoms with Crippen LogP contribution in [0, 0.1) is 6.92 Å². The average molecular weight is 487 g/mol. The van der Waals surface area contributed by atoms with Crippen LogP contribution in [-0.2, 0) is 9.59 Å². The van der Waals surface area contributed by atoms with Crippen LogP contribution in [0.25, 0.3) is 5.76 Å². The van der Waals surface area contributed by atoms with Gasteiger partial charge in [0.1, 0.15) is 11.5 Å². The topological polar surface area (TPSA) is 70.1 Å². The second kappa shape index (κ2) is 9.66. The van der Waals surface area contributed by atoms with E-state index in [1.807, 2.05) is 50.2 Å². The van der Waals surface area contributed by atoms with Crippen molar-refractivity contribution in [2.24, 2.45) is 0 Å². The lowest BCUT2D eigenvalue weighted by atomic mass is 9.94. The summed E-state index contributed by atoms with van der Waals surface area (Å²) in [5, 5.41) is 11.2. The summed E-state index contributed by atoms with van der Waals surface area (Å²) < 4.78 is 6.14. The number of methoxy groups -OCH3 is 1. The van der Waals surface area contributed by atoms with Crippen molar-refractivity contribution in [1.29, 1.82) is 0 Å². The fourth-order valence-electron chi connectivity index (χ4n) is 3.83. The molecule has 2 aromatic carbocycles. The van der Waals surface area contributed by atoms with E-state index in [4.69, 9.17) is 4.74 Å². The molecule has 1 saturated heterocycles. The summed E-state index contributed by atoms with van der Waals surface area (Å²) in [6.45, 7) is 3.04. The number of ether oxygens (including phenoxy) is 1. The number of hydrogen-bond acceptors (Lipinski definition) is 5. The van der Waals surface area contributed by atoms with Crippen molar-refractivity contribution in [2.75, 3.05) is 34.3 Å².